The Morgan fingerprint density at radius 1 is 1.59 bits per heavy atom. The van der Waals surface area contributed by atoms with Crippen LogP contribution in [0.2, 0.25) is 0 Å². The van der Waals surface area contributed by atoms with Crippen LogP contribution < -0.4 is 11.3 Å². The first kappa shape index (κ1) is 12.4. The molecule has 5 heteroatoms. The average molecular weight is 239 g/mol. The van der Waals surface area contributed by atoms with E-state index in [0.717, 1.165) is 18.4 Å². The zero-order chi connectivity index (χ0) is 12.3. The van der Waals surface area contributed by atoms with E-state index in [1.807, 2.05) is 6.92 Å². The third-order valence-corrected chi connectivity index (χ3v) is 3.04. The molecule has 0 amide bonds. The monoisotopic (exact) mass is 239 g/mol. The zero-order valence-electron chi connectivity index (χ0n) is 9.90. The molecule has 0 bridgehead atoms. The highest BCUT2D eigenvalue weighted by atomic mass is 19.1. The van der Waals surface area contributed by atoms with Gasteiger partial charge >= 0.3 is 0 Å². The van der Waals surface area contributed by atoms with Crippen molar-refractivity contribution >= 4 is 0 Å². The lowest BCUT2D eigenvalue weighted by Crippen LogP contribution is -2.39. The average Bonchev–Trinajstić information content (AvgIpc) is 3.13. The number of hydrogen-bond acceptors (Lipinski definition) is 4. The van der Waals surface area contributed by atoms with E-state index in [1.165, 1.54) is 12.3 Å². The van der Waals surface area contributed by atoms with Crippen LogP contribution >= 0.6 is 0 Å². The highest BCUT2D eigenvalue weighted by Crippen LogP contribution is 2.39. The van der Waals surface area contributed by atoms with Crippen LogP contribution in [0.1, 0.15) is 31.4 Å². The van der Waals surface area contributed by atoms with Gasteiger partial charge in [-0.25, -0.2) is 4.39 Å². The van der Waals surface area contributed by atoms with E-state index in [1.54, 1.807) is 6.20 Å². The first-order valence-corrected chi connectivity index (χ1v) is 5.94. The largest absolute Gasteiger partial charge is 0.376 e. The molecule has 0 spiro atoms. The third kappa shape index (κ3) is 3.00. The molecule has 1 saturated carbocycles. The summed E-state index contributed by atoms with van der Waals surface area (Å²) in [5.74, 6) is 5.73. The molecule has 2 rings (SSSR count). The van der Waals surface area contributed by atoms with Gasteiger partial charge in [-0.15, -0.1) is 0 Å². The number of hydrogen-bond donors (Lipinski definition) is 2. The van der Waals surface area contributed by atoms with Gasteiger partial charge in [0.25, 0.3) is 0 Å². The van der Waals surface area contributed by atoms with Crippen molar-refractivity contribution in [3.05, 3.63) is 29.8 Å². The smallest absolute Gasteiger partial charge is 0.141 e. The number of ether oxygens (including phenoxy) is 1. The zero-order valence-corrected chi connectivity index (χ0v) is 9.90. The first-order valence-electron chi connectivity index (χ1n) is 5.94. The van der Waals surface area contributed by atoms with Crippen LogP contribution in [0.4, 0.5) is 4.39 Å². The highest BCUT2D eigenvalue weighted by Gasteiger charge is 2.37. The van der Waals surface area contributed by atoms with Gasteiger partial charge in [0.2, 0.25) is 0 Å². The van der Waals surface area contributed by atoms with Gasteiger partial charge in [-0.1, -0.05) is 0 Å². The van der Waals surface area contributed by atoms with Crippen molar-refractivity contribution in [1.82, 2.24) is 10.4 Å². The predicted molar refractivity (Wildman–Crippen MR) is 62.4 cm³/mol. The molecule has 1 aromatic rings. The van der Waals surface area contributed by atoms with Gasteiger partial charge < -0.3 is 4.74 Å². The normalized spacial score (nSPS) is 19.0. The van der Waals surface area contributed by atoms with Crippen LogP contribution in [-0.4, -0.2) is 17.7 Å². The van der Waals surface area contributed by atoms with E-state index in [9.17, 15) is 4.39 Å². The van der Waals surface area contributed by atoms with E-state index in [2.05, 4.69) is 10.4 Å². The second-order valence-electron chi connectivity index (χ2n) is 4.34. The molecule has 0 aliphatic heterocycles. The first-order chi connectivity index (χ1) is 8.26. The van der Waals surface area contributed by atoms with Crippen LogP contribution in [0.3, 0.4) is 0 Å². The Bertz CT molecular complexity index is 371. The van der Waals surface area contributed by atoms with Crippen molar-refractivity contribution in [3.8, 4) is 0 Å². The van der Waals surface area contributed by atoms with Crippen molar-refractivity contribution in [2.45, 2.75) is 31.9 Å². The summed E-state index contributed by atoms with van der Waals surface area (Å²) < 4.78 is 18.9. The molecule has 0 aromatic carbocycles. The summed E-state index contributed by atoms with van der Waals surface area (Å²) in [4.78, 5) is 3.85. The molecule has 0 radical (unpaired) electrons. The fraction of sp³-hybridized carbons (Fsp3) is 0.583. The topological polar surface area (TPSA) is 60.2 Å². The van der Waals surface area contributed by atoms with Crippen molar-refractivity contribution in [2.24, 2.45) is 11.8 Å². The minimum atomic E-state index is -0.353. The number of rotatable bonds is 6. The Morgan fingerprint density at radius 2 is 2.35 bits per heavy atom. The maximum Gasteiger partial charge on any atom is 0.141 e. The van der Waals surface area contributed by atoms with E-state index >= 15 is 0 Å². The molecule has 94 valence electrons. The quantitative estimate of drug-likeness (QED) is 0.584. The van der Waals surface area contributed by atoms with Crippen LogP contribution in [-0.2, 0) is 4.74 Å². The minimum absolute atomic E-state index is 0.00593. The molecular formula is C12H18FN3O. The summed E-state index contributed by atoms with van der Waals surface area (Å²) >= 11 is 0. The minimum Gasteiger partial charge on any atom is -0.376 e. The molecule has 2 atom stereocenters. The molecule has 1 aliphatic carbocycles. The molecule has 2 unspecified atom stereocenters. The number of aromatic nitrogens is 1. The Labute approximate surface area is 100 Å². The summed E-state index contributed by atoms with van der Waals surface area (Å²) in [6, 6.07) is 1.25. The summed E-state index contributed by atoms with van der Waals surface area (Å²) in [5.41, 5.74) is 3.45. The lowest BCUT2D eigenvalue weighted by molar-refractivity contribution is 0.0184. The highest BCUT2D eigenvalue weighted by molar-refractivity contribution is 5.17. The molecule has 4 nitrogen and oxygen atoms in total. The van der Waals surface area contributed by atoms with Gasteiger partial charge in [0, 0.05) is 12.8 Å². The number of hydrazine groups is 1. The van der Waals surface area contributed by atoms with Crippen LogP contribution in [0, 0.1) is 11.7 Å². The summed E-state index contributed by atoms with van der Waals surface area (Å²) in [5, 5.41) is 0. The van der Waals surface area contributed by atoms with E-state index in [-0.39, 0.29) is 18.0 Å². The molecule has 0 saturated heterocycles. The van der Waals surface area contributed by atoms with Gasteiger partial charge in [-0.05, 0) is 37.3 Å². The molecule has 1 heterocycles. The molecule has 1 fully saturated rings. The summed E-state index contributed by atoms with van der Waals surface area (Å²) in [6.45, 7) is 2.58. The Kier molecular flexibility index (Phi) is 4.04. The second kappa shape index (κ2) is 5.53. The van der Waals surface area contributed by atoms with Crippen molar-refractivity contribution in [2.75, 3.05) is 6.61 Å². The summed E-state index contributed by atoms with van der Waals surface area (Å²) in [7, 11) is 0. The fourth-order valence-electron chi connectivity index (χ4n) is 2.10. The Morgan fingerprint density at radius 3 is 2.88 bits per heavy atom. The van der Waals surface area contributed by atoms with Gasteiger partial charge in [0.15, 0.2) is 0 Å². The number of pyridine rings is 1. The third-order valence-electron chi connectivity index (χ3n) is 3.04. The number of nitrogens with two attached hydrogens (primary N) is 1. The van der Waals surface area contributed by atoms with E-state index in [0.29, 0.717) is 12.5 Å². The van der Waals surface area contributed by atoms with E-state index in [4.69, 9.17) is 10.6 Å². The van der Waals surface area contributed by atoms with Crippen molar-refractivity contribution < 1.29 is 9.13 Å². The lowest BCUT2D eigenvalue weighted by Gasteiger charge is -2.26. The Balaban J connectivity index is 2.18. The Hall–Kier alpha value is -1.04. The van der Waals surface area contributed by atoms with Gasteiger partial charge in [0.05, 0.1) is 18.3 Å². The molecule has 1 aromatic heterocycles. The summed E-state index contributed by atoms with van der Waals surface area (Å²) in [6.07, 6.45) is 5.09. The van der Waals surface area contributed by atoms with Crippen molar-refractivity contribution in [1.29, 1.82) is 0 Å². The number of halogens is 1. The maximum absolute atomic E-state index is 13.2. The van der Waals surface area contributed by atoms with E-state index < -0.39 is 0 Å². The lowest BCUT2D eigenvalue weighted by atomic mass is 10.00. The number of nitrogens with one attached hydrogen (secondary N) is 1. The van der Waals surface area contributed by atoms with Gasteiger partial charge in [-0.3, -0.25) is 16.3 Å². The van der Waals surface area contributed by atoms with Gasteiger partial charge in [-0.2, -0.15) is 0 Å². The number of nitrogens with zero attached hydrogens (tertiary/aromatic N) is 1. The second-order valence-corrected chi connectivity index (χ2v) is 4.34. The van der Waals surface area contributed by atoms with Gasteiger partial charge in [0.1, 0.15) is 5.82 Å². The van der Waals surface area contributed by atoms with Crippen molar-refractivity contribution in [3.63, 3.8) is 0 Å². The predicted octanol–water partition coefficient (Wildman–Crippen LogP) is 1.54. The molecular weight excluding hydrogens is 221 g/mol. The molecule has 3 N–H and O–H groups in total. The maximum atomic E-state index is 13.2. The standard InChI is InChI=1S/C12H18FN3O/c1-2-17-12(8-3-4-8)11(16-14)9-5-10(13)7-15-6-9/h5-8,11-12,16H,2-4,14H2,1H3. The van der Waals surface area contributed by atoms with Crippen LogP contribution in [0.5, 0.6) is 0 Å². The molecule has 17 heavy (non-hydrogen) atoms. The fourth-order valence-corrected chi connectivity index (χ4v) is 2.10. The molecule has 1 aliphatic rings. The SMILES string of the molecule is CCOC(C1CC1)C(NN)c1cncc(F)c1. The van der Waals surface area contributed by atoms with Crippen LogP contribution in [0.15, 0.2) is 18.5 Å². The van der Waals surface area contributed by atoms with Crippen LogP contribution in [0.25, 0.3) is 0 Å².